The predicted octanol–water partition coefficient (Wildman–Crippen LogP) is 2.01. The van der Waals surface area contributed by atoms with Crippen LogP contribution in [0.25, 0.3) is 0 Å². The van der Waals surface area contributed by atoms with E-state index < -0.39 is 11.9 Å². The van der Waals surface area contributed by atoms with Crippen molar-refractivity contribution in [3.05, 3.63) is 28.7 Å². The second-order valence-electron chi connectivity index (χ2n) is 4.96. The smallest absolute Gasteiger partial charge is 0.308 e. The molecule has 1 aromatic carbocycles. The summed E-state index contributed by atoms with van der Waals surface area (Å²) in [4.78, 5) is 24.6. The number of ether oxygens (including phenoxy) is 1. The molecule has 0 radical (unpaired) electrons. The van der Waals surface area contributed by atoms with E-state index in [1.165, 1.54) is 0 Å². The first-order chi connectivity index (χ1) is 9.47. The minimum atomic E-state index is -0.846. The number of carbonyl (C=O) groups is 2. The molecule has 1 N–H and O–H groups in total. The van der Waals surface area contributed by atoms with Gasteiger partial charge in [-0.3, -0.25) is 9.59 Å². The highest BCUT2D eigenvalue weighted by molar-refractivity contribution is 9.10. The number of rotatable bonds is 4. The van der Waals surface area contributed by atoms with Crippen molar-refractivity contribution in [1.82, 2.24) is 4.90 Å². The Balaban J connectivity index is 1.87. The number of benzene rings is 1. The maximum atomic E-state index is 12.0. The van der Waals surface area contributed by atoms with Gasteiger partial charge in [-0.2, -0.15) is 0 Å². The molecule has 0 aliphatic carbocycles. The lowest BCUT2D eigenvalue weighted by Crippen LogP contribution is -2.33. The topological polar surface area (TPSA) is 66.8 Å². The van der Waals surface area contributed by atoms with Gasteiger partial charge in [0.05, 0.1) is 5.92 Å². The SMILES string of the molecule is CC1CN(C(=O)COc2ccc(Br)cc2)CC1C(=O)O. The maximum Gasteiger partial charge on any atom is 0.308 e. The van der Waals surface area contributed by atoms with E-state index >= 15 is 0 Å². The zero-order chi connectivity index (χ0) is 14.7. The quantitative estimate of drug-likeness (QED) is 0.909. The Morgan fingerprint density at radius 2 is 2.00 bits per heavy atom. The molecule has 1 aliphatic heterocycles. The van der Waals surface area contributed by atoms with Gasteiger partial charge in [0.2, 0.25) is 0 Å². The van der Waals surface area contributed by atoms with E-state index in [0.717, 1.165) is 4.47 Å². The van der Waals surface area contributed by atoms with E-state index in [1.54, 1.807) is 17.0 Å². The van der Waals surface area contributed by atoms with E-state index in [-0.39, 0.29) is 25.0 Å². The van der Waals surface area contributed by atoms with Crippen molar-refractivity contribution in [3.8, 4) is 5.75 Å². The molecule has 1 heterocycles. The van der Waals surface area contributed by atoms with Crippen LogP contribution in [-0.4, -0.2) is 41.6 Å². The molecule has 1 aliphatic rings. The van der Waals surface area contributed by atoms with E-state index in [2.05, 4.69) is 15.9 Å². The number of halogens is 1. The van der Waals surface area contributed by atoms with Crippen LogP contribution in [0.5, 0.6) is 5.75 Å². The molecule has 0 bridgehead atoms. The molecule has 0 aromatic heterocycles. The minimum absolute atomic E-state index is 0.0240. The van der Waals surface area contributed by atoms with E-state index in [1.807, 2.05) is 19.1 Å². The minimum Gasteiger partial charge on any atom is -0.484 e. The van der Waals surface area contributed by atoms with Crippen molar-refractivity contribution in [2.75, 3.05) is 19.7 Å². The van der Waals surface area contributed by atoms with Gasteiger partial charge in [-0.25, -0.2) is 0 Å². The molecular formula is C14H16BrNO4. The molecule has 6 heteroatoms. The maximum absolute atomic E-state index is 12.0. The van der Waals surface area contributed by atoms with Crippen LogP contribution in [0.15, 0.2) is 28.7 Å². The number of amides is 1. The van der Waals surface area contributed by atoms with Crippen LogP contribution in [0.2, 0.25) is 0 Å². The first-order valence-corrected chi connectivity index (χ1v) is 7.15. The number of nitrogens with zero attached hydrogens (tertiary/aromatic N) is 1. The molecular weight excluding hydrogens is 326 g/mol. The van der Waals surface area contributed by atoms with Crippen molar-refractivity contribution in [1.29, 1.82) is 0 Å². The standard InChI is InChI=1S/C14H16BrNO4/c1-9-6-16(7-12(9)14(18)19)13(17)8-20-11-4-2-10(15)3-5-11/h2-5,9,12H,6-8H2,1H3,(H,18,19). The molecule has 2 unspecified atom stereocenters. The van der Waals surface area contributed by atoms with E-state index in [0.29, 0.717) is 12.3 Å². The zero-order valence-corrected chi connectivity index (χ0v) is 12.7. The normalized spacial score (nSPS) is 21.8. The molecule has 0 saturated carbocycles. The zero-order valence-electron chi connectivity index (χ0n) is 11.1. The van der Waals surface area contributed by atoms with Crippen LogP contribution >= 0.6 is 15.9 Å². The summed E-state index contributed by atoms with van der Waals surface area (Å²) in [5, 5.41) is 9.04. The molecule has 1 amide bonds. The summed E-state index contributed by atoms with van der Waals surface area (Å²) >= 11 is 3.32. The lowest BCUT2D eigenvalue weighted by atomic mass is 9.99. The second-order valence-corrected chi connectivity index (χ2v) is 5.88. The Hall–Kier alpha value is -1.56. The number of aliphatic carboxylic acids is 1. The fourth-order valence-corrected chi connectivity index (χ4v) is 2.52. The number of carboxylic acid groups (broad SMARTS) is 1. The Labute approximate surface area is 125 Å². The number of carbonyl (C=O) groups excluding carboxylic acids is 1. The van der Waals surface area contributed by atoms with Crippen molar-refractivity contribution in [3.63, 3.8) is 0 Å². The highest BCUT2D eigenvalue weighted by Crippen LogP contribution is 2.23. The Morgan fingerprint density at radius 1 is 1.35 bits per heavy atom. The summed E-state index contributed by atoms with van der Waals surface area (Å²) in [5.74, 6) is -0.913. The Morgan fingerprint density at radius 3 is 2.55 bits per heavy atom. The van der Waals surface area contributed by atoms with Gasteiger partial charge in [-0.15, -0.1) is 0 Å². The van der Waals surface area contributed by atoms with Crippen LogP contribution in [0.1, 0.15) is 6.92 Å². The second kappa shape index (κ2) is 6.26. The third-order valence-electron chi connectivity index (χ3n) is 3.46. The summed E-state index contributed by atoms with van der Waals surface area (Å²) in [6.07, 6.45) is 0. The summed E-state index contributed by atoms with van der Waals surface area (Å²) in [7, 11) is 0. The molecule has 5 nitrogen and oxygen atoms in total. The third kappa shape index (κ3) is 3.50. The first kappa shape index (κ1) is 14.8. The summed E-state index contributed by atoms with van der Waals surface area (Å²) in [6, 6.07) is 7.20. The van der Waals surface area contributed by atoms with Gasteiger partial charge < -0.3 is 14.7 Å². The molecule has 108 valence electrons. The van der Waals surface area contributed by atoms with Gasteiger partial charge >= 0.3 is 5.97 Å². The molecule has 1 aromatic rings. The Bertz CT molecular complexity index is 502. The lowest BCUT2D eigenvalue weighted by molar-refractivity contribution is -0.142. The van der Waals surface area contributed by atoms with Crippen LogP contribution in [-0.2, 0) is 9.59 Å². The molecule has 0 spiro atoms. The fraction of sp³-hybridized carbons (Fsp3) is 0.429. The fourth-order valence-electron chi connectivity index (χ4n) is 2.26. The molecule has 1 fully saturated rings. The van der Waals surface area contributed by atoms with Crippen molar-refractivity contribution in [2.24, 2.45) is 11.8 Å². The summed E-state index contributed by atoms with van der Waals surface area (Å²) < 4.78 is 6.35. The van der Waals surface area contributed by atoms with Gasteiger partial charge in [0.25, 0.3) is 5.91 Å². The van der Waals surface area contributed by atoms with Crippen molar-refractivity contribution >= 4 is 27.8 Å². The highest BCUT2D eigenvalue weighted by atomic mass is 79.9. The van der Waals surface area contributed by atoms with Gasteiger partial charge in [0.1, 0.15) is 5.75 Å². The van der Waals surface area contributed by atoms with Crippen LogP contribution in [0, 0.1) is 11.8 Å². The number of hydrogen-bond donors (Lipinski definition) is 1. The average molecular weight is 342 g/mol. The number of hydrogen-bond acceptors (Lipinski definition) is 3. The predicted molar refractivity (Wildman–Crippen MR) is 76.5 cm³/mol. The van der Waals surface area contributed by atoms with Crippen molar-refractivity contribution < 1.29 is 19.4 Å². The summed E-state index contributed by atoms with van der Waals surface area (Å²) in [6.45, 7) is 2.51. The molecule has 2 rings (SSSR count). The van der Waals surface area contributed by atoms with Gasteiger partial charge in [0, 0.05) is 17.6 Å². The Kier molecular flexibility index (Phi) is 4.65. The summed E-state index contributed by atoms with van der Waals surface area (Å²) in [5.41, 5.74) is 0. The molecule has 1 saturated heterocycles. The average Bonchev–Trinajstić information content (AvgIpc) is 2.80. The van der Waals surface area contributed by atoms with E-state index in [9.17, 15) is 9.59 Å². The monoisotopic (exact) mass is 341 g/mol. The lowest BCUT2D eigenvalue weighted by Gasteiger charge is -2.16. The van der Waals surface area contributed by atoms with Crippen LogP contribution < -0.4 is 4.74 Å². The highest BCUT2D eigenvalue weighted by Gasteiger charge is 2.36. The van der Waals surface area contributed by atoms with E-state index in [4.69, 9.17) is 9.84 Å². The number of likely N-dealkylation sites (tertiary alicyclic amines) is 1. The van der Waals surface area contributed by atoms with Gasteiger partial charge in [0.15, 0.2) is 6.61 Å². The van der Waals surface area contributed by atoms with Crippen LogP contribution in [0.4, 0.5) is 0 Å². The van der Waals surface area contributed by atoms with Gasteiger partial charge in [-0.05, 0) is 30.2 Å². The van der Waals surface area contributed by atoms with Crippen molar-refractivity contribution in [2.45, 2.75) is 6.92 Å². The number of carboxylic acids is 1. The van der Waals surface area contributed by atoms with Crippen LogP contribution in [0.3, 0.4) is 0 Å². The molecule has 2 atom stereocenters. The largest absolute Gasteiger partial charge is 0.484 e. The third-order valence-corrected chi connectivity index (χ3v) is 3.99. The molecule has 20 heavy (non-hydrogen) atoms. The first-order valence-electron chi connectivity index (χ1n) is 6.36. The van der Waals surface area contributed by atoms with Gasteiger partial charge in [-0.1, -0.05) is 22.9 Å².